The molecule has 0 aliphatic heterocycles. The fourth-order valence-corrected chi connectivity index (χ4v) is 3.78. The van der Waals surface area contributed by atoms with E-state index in [0.717, 1.165) is 58.3 Å². The maximum atomic E-state index is 6.05. The molecule has 116 valence electrons. The normalized spacial score (nSPS) is 12.3. The predicted molar refractivity (Wildman–Crippen MR) is 82.0 cm³/mol. The second-order valence-corrected chi connectivity index (χ2v) is 7.83. The van der Waals surface area contributed by atoms with E-state index in [-0.39, 0.29) is 0 Å². The zero-order chi connectivity index (χ0) is 14.6. The first-order valence-corrected chi connectivity index (χ1v) is 9.39. The summed E-state index contributed by atoms with van der Waals surface area (Å²) < 4.78 is 20.2. The number of hydrogen-bond donors (Lipinski definition) is 0. The molecule has 0 aromatic rings. The zero-order valence-electron chi connectivity index (χ0n) is 13.5. The summed E-state index contributed by atoms with van der Waals surface area (Å²) in [5.74, 6) is 0. The fourth-order valence-electron chi connectivity index (χ4n) is 1.55. The molecule has 19 heavy (non-hydrogen) atoms. The highest BCUT2D eigenvalue weighted by Gasteiger charge is 2.45. The first-order chi connectivity index (χ1) is 9.13. The van der Waals surface area contributed by atoms with Crippen molar-refractivity contribution >= 4 is 8.97 Å². The van der Waals surface area contributed by atoms with Crippen molar-refractivity contribution in [2.24, 2.45) is 0 Å². The van der Waals surface area contributed by atoms with Gasteiger partial charge in [-0.15, -0.1) is 0 Å². The number of hydrogen-bond acceptors (Lipinski definition) is 4. The van der Waals surface area contributed by atoms with Crippen molar-refractivity contribution in [1.29, 1.82) is 0 Å². The van der Waals surface area contributed by atoms with Gasteiger partial charge in [0, 0.05) is 19.8 Å². The number of nitrogens with zero attached hydrogens (tertiary/aromatic N) is 1. The lowest BCUT2D eigenvalue weighted by Crippen LogP contribution is -2.58. The summed E-state index contributed by atoms with van der Waals surface area (Å²) in [7, 11) is 1.34. The van der Waals surface area contributed by atoms with Gasteiger partial charge in [0.05, 0.1) is 0 Å². The van der Waals surface area contributed by atoms with Crippen molar-refractivity contribution in [3.8, 4) is 0 Å². The smallest absolute Gasteiger partial charge is 0.361 e. The van der Waals surface area contributed by atoms with E-state index in [0.29, 0.717) is 0 Å². The van der Waals surface area contributed by atoms with E-state index >= 15 is 0 Å². The average Bonchev–Trinajstić information content (AvgIpc) is 2.38. The van der Waals surface area contributed by atoms with Crippen molar-refractivity contribution in [1.82, 2.24) is 4.57 Å². The lowest BCUT2D eigenvalue weighted by atomic mass is 10.4. The first kappa shape index (κ1) is 19.1. The lowest BCUT2D eigenvalue weighted by molar-refractivity contribution is 0.0176. The van der Waals surface area contributed by atoms with Crippen molar-refractivity contribution in [3.63, 3.8) is 0 Å². The van der Waals surface area contributed by atoms with Crippen molar-refractivity contribution < 1.29 is 13.3 Å². The molecule has 0 amide bonds. The molecule has 0 bridgehead atoms. The van der Waals surface area contributed by atoms with E-state index in [2.05, 4.69) is 20.8 Å². The van der Waals surface area contributed by atoms with E-state index < -0.39 is 8.97 Å². The Kier molecular flexibility index (Phi) is 11.9. The van der Waals surface area contributed by atoms with Gasteiger partial charge in [0.15, 0.2) is 0 Å². The molecule has 0 aliphatic rings. The topological polar surface area (TPSA) is 30.9 Å². The average molecular weight is 292 g/mol. The number of unbranched alkanes of at least 4 members (excludes halogenated alkanes) is 3. The molecule has 5 heteroatoms. The van der Waals surface area contributed by atoms with Crippen LogP contribution in [0.1, 0.15) is 59.3 Å². The summed E-state index contributed by atoms with van der Waals surface area (Å²) in [6.45, 7) is 8.66. The minimum atomic E-state index is -2.65. The molecule has 4 nitrogen and oxygen atoms in total. The van der Waals surface area contributed by atoms with Crippen LogP contribution in [0.2, 0.25) is 0 Å². The molecular weight excluding hydrogens is 258 g/mol. The van der Waals surface area contributed by atoms with Gasteiger partial charge in [-0.2, -0.15) is 0 Å². The van der Waals surface area contributed by atoms with Crippen LogP contribution in [0.4, 0.5) is 0 Å². The molecule has 0 aromatic carbocycles. The summed E-state index contributed by atoms with van der Waals surface area (Å²) in [4.78, 5) is 0. The molecule has 0 N–H and O–H groups in total. The van der Waals surface area contributed by atoms with Crippen LogP contribution >= 0.6 is 0 Å². The third-order valence-corrected chi connectivity index (χ3v) is 5.70. The van der Waals surface area contributed by atoms with Gasteiger partial charge >= 0.3 is 8.97 Å². The van der Waals surface area contributed by atoms with Crippen LogP contribution < -0.4 is 0 Å². The SMILES string of the molecule is CCCCO[Si](OCCCC)(OCCCC)N(C)C. The molecule has 0 unspecified atom stereocenters. The van der Waals surface area contributed by atoms with Gasteiger partial charge in [-0.05, 0) is 33.4 Å². The van der Waals surface area contributed by atoms with Crippen LogP contribution in [-0.2, 0) is 13.3 Å². The summed E-state index contributed by atoms with van der Waals surface area (Å²) in [5, 5.41) is 0. The first-order valence-electron chi connectivity index (χ1n) is 7.72. The monoisotopic (exact) mass is 291 g/mol. The molecule has 0 saturated heterocycles. The Hall–Kier alpha value is 0.0569. The van der Waals surface area contributed by atoms with E-state index in [1.165, 1.54) is 0 Å². The van der Waals surface area contributed by atoms with Crippen molar-refractivity contribution in [3.05, 3.63) is 0 Å². The molecule has 0 rings (SSSR count). The number of rotatable bonds is 13. The van der Waals surface area contributed by atoms with Crippen LogP contribution in [0.25, 0.3) is 0 Å². The maximum absolute atomic E-state index is 6.05. The zero-order valence-corrected chi connectivity index (χ0v) is 14.5. The lowest BCUT2D eigenvalue weighted by Gasteiger charge is -2.33. The molecule has 0 spiro atoms. The molecule has 0 radical (unpaired) electrons. The van der Waals surface area contributed by atoms with Gasteiger partial charge in [-0.3, -0.25) is 4.57 Å². The highest BCUT2D eigenvalue weighted by Crippen LogP contribution is 2.15. The maximum Gasteiger partial charge on any atom is 0.599 e. The molecule has 0 fully saturated rings. The summed E-state index contributed by atoms with van der Waals surface area (Å²) >= 11 is 0. The quantitative estimate of drug-likeness (QED) is 0.384. The van der Waals surface area contributed by atoms with Crippen LogP contribution in [-0.4, -0.2) is 47.4 Å². The predicted octanol–water partition coefficient (Wildman–Crippen LogP) is 3.43. The Morgan fingerprint density at radius 1 is 0.684 bits per heavy atom. The highest BCUT2D eigenvalue weighted by molar-refractivity contribution is 6.57. The summed E-state index contributed by atoms with van der Waals surface area (Å²) in [5.41, 5.74) is 0. The van der Waals surface area contributed by atoms with Gasteiger partial charge in [-0.25, -0.2) is 0 Å². The second-order valence-electron chi connectivity index (χ2n) is 5.02. The third kappa shape index (κ3) is 8.04. The summed E-state index contributed by atoms with van der Waals surface area (Å²) in [6, 6.07) is 0. The van der Waals surface area contributed by atoms with Crippen molar-refractivity contribution in [2.45, 2.75) is 59.3 Å². The molecular formula is C14H33NO3Si. The van der Waals surface area contributed by atoms with Crippen LogP contribution in [0.5, 0.6) is 0 Å². The Labute approximate surface area is 120 Å². The van der Waals surface area contributed by atoms with E-state index in [1.807, 2.05) is 18.7 Å². The minimum Gasteiger partial charge on any atom is -0.361 e. The van der Waals surface area contributed by atoms with Crippen molar-refractivity contribution in [2.75, 3.05) is 33.9 Å². The Morgan fingerprint density at radius 2 is 1.00 bits per heavy atom. The van der Waals surface area contributed by atoms with Gasteiger partial charge in [0.25, 0.3) is 0 Å². The van der Waals surface area contributed by atoms with E-state index in [4.69, 9.17) is 13.3 Å². The molecule has 0 aromatic heterocycles. The second kappa shape index (κ2) is 11.8. The fraction of sp³-hybridized carbons (Fsp3) is 1.00. The Balaban J connectivity index is 4.48. The standard InChI is InChI=1S/C14H33NO3Si/c1-6-9-12-16-19(15(4)5,17-13-10-7-2)18-14-11-8-3/h6-14H2,1-5H3. The molecule has 0 saturated carbocycles. The van der Waals surface area contributed by atoms with Gasteiger partial charge < -0.3 is 13.3 Å². The molecule has 0 atom stereocenters. The minimum absolute atomic E-state index is 0.721. The van der Waals surface area contributed by atoms with Crippen LogP contribution in [0.15, 0.2) is 0 Å². The highest BCUT2D eigenvalue weighted by atomic mass is 28.4. The van der Waals surface area contributed by atoms with E-state index in [9.17, 15) is 0 Å². The largest absolute Gasteiger partial charge is 0.599 e. The Bertz CT molecular complexity index is 177. The van der Waals surface area contributed by atoms with Gasteiger partial charge in [-0.1, -0.05) is 40.0 Å². The van der Waals surface area contributed by atoms with E-state index in [1.54, 1.807) is 0 Å². The van der Waals surface area contributed by atoms with Crippen LogP contribution in [0, 0.1) is 0 Å². The van der Waals surface area contributed by atoms with Gasteiger partial charge in [0.2, 0.25) is 0 Å². The third-order valence-electron chi connectivity index (χ3n) is 2.89. The van der Waals surface area contributed by atoms with Gasteiger partial charge in [0.1, 0.15) is 0 Å². The Morgan fingerprint density at radius 3 is 1.21 bits per heavy atom. The van der Waals surface area contributed by atoms with Crippen LogP contribution in [0.3, 0.4) is 0 Å². The molecule has 0 heterocycles. The molecule has 0 aliphatic carbocycles. The summed E-state index contributed by atoms with van der Waals surface area (Å²) in [6.07, 6.45) is 6.54.